The van der Waals surface area contributed by atoms with Gasteiger partial charge in [-0.15, -0.1) is 0 Å². The fourth-order valence-corrected chi connectivity index (χ4v) is 3.06. The molecule has 0 fully saturated rings. The van der Waals surface area contributed by atoms with Crippen molar-refractivity contribution in [1.29, 1.82) is 0 Å². The van der Waals surface area contributed by atoms with Gasteiger partial charge in [0.1, 0.15) is 16.7 Å². The number of halogens is 2. The zero-order chi connectivity index (χ0) is 15.6. The van der Waals surface area contributed by atoms with Gasteiger partial charge in [-0.3, -0.25) is 5.14 Å². The molecular formula is C13H18BrFN2O2S. The number of nitrogens with zero attached hydrogens (tertiary/aromatic N) is 1. The van der Waals surface area contributed by atoms with Gasteiger partial charge in [-0.05, 0) is 48.3 Å². The average Bonchev–Trinajstić information content (AvgIpc) is 2.31. The third-order valence-corrected chi connectivity index (χ3v) is 4.95. The molecule has 112 valence electrons. The lowest BCUT2D eigenvalue weighted by molar-refractivity contribution is -0.109. The minimum Gasteiger partial charge on any atom is -0.303 e. The summed E-state index contributed by atoms with van der Waals surface area (Å²) in [5, 5.41) is 5.48. The van der Waals surface area contributed by atoms with Gasteiger partial charge >= 0.3 is 0 Å². The van der Waals surface area contributed by atoms with Crippen LogP contribution in [0.5, 0.6) is 0 Å². The SMILES string of the molecule is CC(C)(C[C@](C)(CC=O)c1nc(Br)ccc1F)S(N)=O. The van der Waals surface area contributed by atoms with E-state index in [9.17, 15) is 13.4 Å². The summed E-state index contributed by atoms with van der Waals surface area (Å²) in [5.74, 6) is -0.490. The summed E-state index contributed by atoms with van der Waals surface area (Å²) in [4.78, 5) is 15.1. The van der Waals surface area contributed by atoms with Crippen LogP contribution in [0.2, 0.25) is 0 Å². The second-order valence-corrected chi connectivity index (χ2v) is 8.14. The molecule has 1 rings (SSSR count). The molecule has 0 amide bonds. The minimum atomic E-state index is -1.59. The first kappa shape index (κ1) is 17.4. The summed E-state index contributed by atoms with van der Waals surface area (Å²) >= 11 is 3.20. The summed E-state index contributed by atoms with van der Waals surface area (Å²) in [7, 11) is -1.59. The number of aldehydes is 1. The van der Waals surface area contributed by atoms with E-state index in [-0.39, 0.29) is 18.5 Å². The topological polar surface area (TPSA) is 73.1 Å². The Hall–Kier alpha value is -0.660. The Morgan fingerprint density at radius 1 is 1.45 bits per heavy atom. The number of carbonyl (C=O) groups is 1. The first-order valence-electron chi connectivity index (χ1n) is 6.05. The van der Waals surface area contributed by atoms with Crippen molar-refractivity contribution in [3.63, 3.8) is 0 Å². The van der Waals surface area contributed by atoms with Crippen molar-refractivity contribution in [1.82, 2.24) is 4.98 Å². The molecule has 0 saturated carbocycles. The van der Waals surface area contributed by atoms with Crippen molar-refractivity contribution in [2.24, 2.45) is 5.14 Å². The van der Waals surface area contributed by atoms with Crippen LogP contribution in [-0.2, 0) is 21.2 Å². The smallest absolute Gasteiger partial charge is 0.145 e. The van der Waals surface area contributed by atoms with E-state index in [1.54, 1.807) is 20.8 Å². The predicted molar refractivity (Wildman–Crippen MR) is 81.0 cm³/mol. The summed E-state index contributed by atoms with van der Waals surface area (Å²) in [6, 6.07) is 2.79. The largest absolute Gasteiger partial charge is 0.303 e. The van der Waals surface area contributed by atoms with Gasteiger partial charge in [0.25, 0.3) is 0 Å². The van der Waals surface area contributed by atoms with Crippen molar-refractivity contribution in [3.05, 3.63) is 28.2 Å². The molecule has 2 N–H and O–H groups in total. The van der Waals surface area contributed by atoms with Crippen LogP contribution >= 0.6 is 15.9 Å². The predicted octanol–water partition coefficient (Wildman–Crippen LogP) is 2.62. The number of pyridine rings is 1. The average molecular weight is 365 g/mol. The third-order valence-electron chi connectivity index (χ3n) is 3.28. The van der Waals surface area contributed by atoms with Gasteiger partial charge in [0, 0.05) is 11.8 Å². The van der Waals surface area contributed by atoms with Gasteiger partial charge in [-0.25, -0.2) is 13.6 Å². The van der Waals surface area contributed by atoms with Gasteiger partial charge in [-0.1, -0.05) is 6.92 Å². The van der Waals surface area contributed by atoms with E-state index in [1.807, 2.05) is 0 Å². The normalized spacial score (nSPS) is 16.5. The highest BCUT2D eigenvalue weighted by atomic mass is 79.9. The summed E-state index contributed by atoms with van der Waals surface area (Å²) < 4.78 is 25.4. The minimum absolute atomic E-state index is 0.0774. The van der Waals surface area contributed by atoms with Gasteiger partial charge < -0.3 is 4.79 Å². The van der Waals surface area contributed by atoms with Gasteiger partial charge in [0.05, 0.1) is 21.4 Å². The lowest BCUT2D eigenvalue weighted by Crippen LogP contribution is -2.40. The fraction of sp³-hybridized carbons (Fsp3) is 0.538. The van der Waals surface area contributed by atoms with E-state index in [2.05, 4.69) is 20.9 Å². The van der Waals surface area contributed by atoms with E-state index in [4.69, 9.17) is 5.14 Å². The van der Waals surface area contributed by atoms with E-state index in [0.29, 0.717) is 4.60 Å². The van der Waals surface area contributed by atoms with Crippen LogP contribution < -0.4 is 5.14 Å². The first-order valence-corrected chi connectivity index (χ1v) is 8.05. The highest BCUT2D eigenvalue weighted by Crippen LogP contribution is 2.37. The van der Waals surface area contributed by atoms with Crippen LogP contribution in [0, 0.1) is 5.82 Å². The molecule has 1 heterocycles. The van der Waals surface area contributed by atoms with Crippen LogP contribution in [0.1, 0.15) is 39.3 Å². The molecule has 0 aromatic carbocycles. The maximum Gasteiger partial charge on any atom is 0.145 e. The number of hydrogen-bond donors (Lipinski definition) is 1. The molecule has 7 heteroatoms. The first-order chi connectivity index (χ1) is 9.12. The zero-order valence-electron chi connectivity index (χ0n) is 11.7. The van der Waals surface area contributed by atoms with Crippen LogP contribution in [0.3, 0.4) is 0 Å². The fourth-order valence-electron chi connectivity index (χ4n) is 2.29. The van der Waals surface area contributed by atoms with Crippen molar-refractivity contribution >= 4 is 33.2 Å². The second-order valence-electron chi connectivity index (χ2n) is 5.63. The standard InChI is InChI=1S/C13H18BrFN2O2S/c1-12(2,20(16)19)8-13(3,6-7-18)11-9(15)4-5-10(14)17-11/h4-5,7H,6,8,16H2,1-3H3/t13-,20?/m0/s1. The third kappa shape index (κ3) is 3.93. The lowest BCUT2D eigenvalue weighted by atomic mass is 9.76. The number of carbonyl (C=O) groups excluding carboxylic acids is 1. The molecule has 0 aliphatic rings. The van der Waals surface area contributed by atoms with E-state index < -0.39 is 27.0 Å². The van der Waals surface area contributed by atoms with Gasteiger partial charge in [0.2, 0.25) is 0 Å². The molecule has 1 aromatic rings. The molecule has 0 spiro atoms. The quantitative estimate of drug-likeness (QED) is 0.622. The van der Waals surface area contributed by atoms with Gasteiger partial charge in [-0.2, -0.15) is 0 Å². The highest BCUT2D eigenvalue weighted by Gasteiger charge is 2.39. The monoisotopic (exact) mass is 364 g/mol. The second kappa shape index (κ2) is 6.41. The van der Waals surface area contributed by atoms with Crippen molar-refractivity contribution in [2.45, 2.75) is 43.8 Å². The molecule has 2 atom stereocenters. The lowest BCUT2D eigenvalue weighted by Gasteiger charge is -2.34. The van der Waals surface area contributed by atoms with Crippen molar-refractivity contribution in [3.8, 4) is 0 Å². The summed E-state index contributed by atoms with van der Waals surface area (Å²) in [5.41, 5.74) is -0.689. The Labute approximate surface area is 129 Å². The van der Waals surface area contributed by atoms with Crippen molar-refractivity contribution in [2.75, 3.05) is 0 Å². The Morgan fingerprint density at radius 3 is 2.55 bits per heavy atom. The number of aromatic nitrogens is 1. The molecule has 0 aliphatic heterocycles. The molecule has 4 nitrogen and oxygen atoms in total. The molecule has 0 radical (unpaired) electrons. The molecule has 1 unspecified atom stereocenters. The summed E-state index contributed by atoms with van der Waals surface area (Å²) in [6.45, 7) is 5.18. The Kier molecular flexibility index (Phi) is 5.57. The van der Waals surface area contributed by atoms with Crippen LogP contribution in [0.25, 0.3) is 0 Å². The number of hydrogen-bond acceptors (Lipinski definition) is 3. The van der Waals surface area contributed by atoms with Crippen LogP contribution in [0.15, 0.2) is 16.7 Å². The Balaban J connectivity index is 3.31. The molecule has 20 heavy (non-hydrogen) atoms. The van der Waals surface area contributed by atoms with Crippen molar-refractivity contribution < 1.29 is 13.4 Å². The highest BCUT2D eigenvalue weighted by molar-refractivity contribution is 9.10. The molecule has 1 aromatic heterocycles. The van der Waals surface area contributed by atoms with E-state index >= 15 is 0 Å². The zero-order valence-corrected chi connectivity index (χ0v) is 14.1. The van der Waals surface area contributed by atoms with Crippen LogP contribution in [-0.4, -0.2) is 20.2 Å². The Morgan fingerprint density at radius 2 is 2.05 bits per heavy atom. The molecular weight excluding hydrogens is 347 g/mol. The number of nitrogens with two attached hydrogens (primary N) is 1. The molecule has 0 aliphatic carbocycles. The van der Waals surface area contributed by atoms with Gasteiger partial charge in [0.15, 0.2) is 0 Å². The Bertz CT molecular complexity index is 539. The van der Waals surface area contributed by atoms with E-state index in [0.717, 1.165) is 6.29 Å². The van der Waals surface area contributed by atoms with Crippen LogP contribution in [0.4, 0.5) is 4.39 Å². The maximum absolute atomic E-state index is 14.1. The number of rotatable bonds is 6. The molecule has 0 saturated heterocycles. The molecule has 0 bridgehead atoms. The summed E-state index contributed by atoms with van der Waals surface area (Å²) in [6.07, 6.45) is 1.08. The van der Waals surface area contributed by atoms with E-state index in [1.165, 1.54) is 12.1 Å². The maximum atomic E-state index is 14.1.